The monoisotopic (exact) mass is 415 g/mol. The fourth-order valence-electron chi connectivity index (χ4n) is 1.90. The predicted octanol–water partition coefficient (Wildman–Crippen LogP) is 4.04. The van der Waals surface area contributed by atoms with Gasteiger partial charge in [-0.25, -0.2) is 4.79 Å². The molecule has 1 aromatic heterocycles. The first-order valence-electron chi connectivity index (χ1n) is 7.55. The molecule has 1 heterocycles. The molecule has 0 saturated carbocycles. The lowest BCUT2D eigenvalue weighted by atomic mass is 10.1. The highest BCUT2D eigenvalue weighted by Crippen LogP contribution is 2.26. The molecule has 0 atom stereocenters. The summed E-state index contributed by atoms with van der Waals surface area (Å²) in [6.07, 6.45) is -5.08. The number of aliphatic carboxylic acids is 1. The van der Waals surface area contributed by atoms with E-state index in [2.05, 4.69) is 15.4 Å². The summed E-state index contributed by atoms with van der Waals surface area (Å²) in [6.45, 7) is -0.227. The van der Waals surface area contributed by atoms with Crippen LogP contribution in [0.1, 0.15) is 5.69 Å². The van der Waals surface area contributed by atoms with Crippen molar-refractivity contribution in [3.63, 3.8) is 0 Å². The van der Waals surface area contributed by atoms with Gasteiger partial charge in [-0.2, -0.15) is 23.5 Å². The number of ether oxygens (including phenoxy) is 1. The van der Waals surface area contributed by atoms with Crippen LogP contribution in [-0.2, 0) is 11.4 Å². The van der Waals surface area contributed by atoms with E-state index in [9.17, 15) is 13.2 Å². The Morgan fingerprint density at radius 3 is 2.00 bits per heavy atom. The van der Waals surface area contributed by atoms with Gasteiger partial charge in [-0.3, -0.25) is 0 Å². The second kappa shape index (κ2) is 9.20. The summed E-state index contributed by atoms with van der Waals surface area (Å²) < 4.78 is 37.3. The zero-order valence-corrected chi connectivity index (χ0v) is 14.7. The lowest BCUT2D eigenvalue weighted by Crippen LogP contribution is -2.21. The van der Waals surface area contributed by atoms with Crippen LogP contribution >= 0.6 is 11.6 Å². The lowest BCUT2D eigenvalue weighted by molar-refractivity contribution is -0.192. The van der Waals surface area contributed by atoms with Gasteiger partial charge in [0.15, 0.2) is 5.69 Å². The molecule has 0 aliphatic heterocycles. The van der Waals surface area contributed by atoms with Gasteiger partial charge in [0, 0.05) is 5.02 Å². The molecule has 0 saturated heterocycles. The molecule has 3 N–H and O–H groups in total. The highest BCUT2D eigenvalue weighted by Gasteiger charge is 2.38. The van der Waals surface area contributed by atoms with Crippen LogP contribution in [0.15, 0.2) is 48.5 Å². The van der Waals surface area contributed by atoms with Crippen LogP contribution in [0.3, 0.4) is 0 Å². The quantitative estimate of drug-likeness (QED) is 0.593. The highest BCUT2D eigenvalue weighted by atomic mass is 35.5. The molecule has 28 heavy (non-hydrogen) atoms. The minimum atomic E-state index is -5.08. The molecule has 0 bridgehead atoms. The number of rotatable bonds is 4. The molecule has 3 rings (SSSR count). The molecule has 0 amide bonds. The van der Waals surface area contributed by atoms with Crippen LogP contribution < -0.4 is 4.74 Å². The van der Waals surface area contributed by atoms with Crippen molar-refractivity contribution in [2.24, 2.45) is 0 Å². The first kappa shape index (κ1) is 21.2. The summed E-state index contributed by atoms with van der Waals surface area (Å²) in [5.41, 5.74) is 2.50. The summed E-state index contributed by atoms with van der Waals surface area (Å²) in [5, 5.41) is 27.0. The Labute approximate surface area is 161 Å². The Bertz CT molecular complexity index is 913. The van der Waals surface area contributed by atoms with Gasteiger partial charge in [0.1, 0.15) is 5.75 Å². The number of halogens is 4. The molecule has 7 nitrogen and oxygen atoms in total. The van der Waals surface area contributed by atoms with Crippen LogP contribution in [0.2, 0.25) is 5.02 Å². The SMILES string of the molecule is O=C(O)C(F)(F)F.OCc1n[nH]nc1Oc1ccc(-c2ccc(Cl)cc2)cc1. The van der Waals surface area contributed by atoms with E-state index in [-0.39, 0.29) is 12.5 Å². The van der Waals surface area contributed by atoms with Gasteiger partial charge >= 0.3 is 12.1 Å². The summed E-state index contributed by atoms with van der Waals surface area (Å²) in [5.74, 6) is -1.86. The Kier molecular flexibility index (Phi) is 6.96. The van der Waals surface area contributed by atoms with E-state index < -0.39 is 12.1 Å². The average molecular weight is 416 g/mol. The normalized spacial score (nSPS) is 10.8. The number of alkyl halides is 3. The second-order valence-electron chi connectivity index (χ2n) is 5.17. The molecule has 11 heteroatoms. The minimum Gasteiger partial charge on any atom is -0.475 e. The number of nitrogens with zero attached hydrogens (tertiary/aromatic N) is 2. The van der Waals surface area contributed by atoms with Gasteiger partial charge in [0.2, 0.25) is 0 Å². The molecule has 3 aromatic rings. The zero-order valence-electron chi connectivity index (χ0n) is 13.9. The van der Waals surface area contributed by atoms with Crippen LogP contribution in [0, 0.1) is 0 Å². The van der Waals surface area contributed by atoms with Crippen molar-refractivity contribution in [3.8, 4) is 22.8 Å². The molecule has 148 valence electrons. The molecule has 0 aliphatic rings. The van der Waals surface area contributed by atoms with E-state index in [4.69, 9.17) is 31.3 Å². The third-order valence-electron chi connectivity index (χ3n) is 3.22. The Hall–Kier alpha value is -3.11. The Balaban J connectivity index is 0.000000345. The maximum atomic E-state index is 10.6. The van der Waals surface area contributed by atoms with Crippen molar-refractivity contribution in [1.82, 2.24) is 15.4 Å². The third kappa shape index (κ3) is 5.96. The van der Waals surface area contributed by atoms with E-state index in [1.165, 1.54) is 0 Å². The number of H-pyrrole nitrogens is 1. The fourth-order valence-corrected chi connectivity index (χ4v) is 2.02. The van der Waals surface area contributed by atoms with E-state index in [1.54, 1.807) is 0 Å². The van der Waals surface area contributed by atoms with Crippen LogP contribution in [0.5, 0.6) is 11.6 Å². The topological polar surface area (TPSA) is 108 Å². The molecule has 0 spiro atoms. The highest BCUT2D eigenvalue weighted by molar-refractivity contribution is 6.30. The van der Waals surface area contributed by atoms with E-state index in [0.717, 1.165) is 11.1 Å². The van der Waals surface area contributed by atoms with Gasteiger partial charge in [-0.15, -0.1) is 5.10 Å². The number of carboxylic acid groups (broad SMARTS) is 1. The second-order valence-corrected chi connectivity index (χ2v) is 5.61. The van der Waals surface area contributed by atoms with E-state index in [1.807, 2.05) is 48.5 Å². The molecule has 0 radical (unpaired) electrons. The molecule has 0 fully saturated rings. The van der Waals surface area contributed by atoms with Crippen molar-refractivity contribution in [2.75, 3.05) is 0 Å². The third-order valence-corrected chi connectivity index (χ3v) is 3.47. The van der Waals surface area contributed by atoms with Gasteiger partial charge in [-0.1, -0.05) is 35.9 Å². The standard InChI is InChI=1S/C15H12ClN3O2.C2HF3O2/c16-12-5-1-10(2-6-12)11-3-7-13(8-4-11)21-15-14(9-20)17-19-18-15;3-2(4,5)1(6)7/h1-8,20H,9H2,(H,17,18,19);(H,6,7). The molecule has 0 unspecified atom stereocenters. The number of aromatic amines is 1. The Morgan fingerprint density at radius 2 is 1.54 bits per heavy atom. The predicted molar refractivity (Wildman–Crippen MR) is 93.0 cm³/mol. The van der Waals surface area contributed by atoms with Gasteiger partial charge < -0.3 is 14.9 Å². The van der Waals surface area contributed by atoms with E-state index >= 15 is 0 Å². The number of hydrogen-bond donors (Lipinski definition) is 3. The number of aliphatic hydroxyl groups excluding tert-OH is 1. The number of hydrogen-bond acceptors (Lipinski definition) is 5. The van der Waals surface area contributed by atoms with Crippen LogP contribution in [-0.4, -0.2) is 37.8 Å². The molecule has 0 aliphatic carbocycles. The largest absolute Gasteiger partial charge is 0.490 e. The average Bonchev–Trinajstić information content (AvgIpc) is 3.10. The number of aliphatic hydroxyl groups is 1. The number of aromatic nitrogens is 3. The maximum Gasteiger partial charge on any atom is 0.490 e. The zero-order chi connectivity index (χ0) is 20.7. The first-order chi connectivity index (χ1) is 13.2. The van der Waals surface area contributed by atoms with Crippen LogP contribution in [0.25, 0.3) is 11.1 Å². The van der Waals surface area contributed by atoms with Gasteiger partial charge in [0.25, 0.3) is 5.88 Å². The first-order valence-corrected chi connectivity index (χ1v) is 7.93. The number of carboxylic acids is 1. The molecular weight excluding hydrogens is 403 g/mol. The molecule has 2 aromatic carbocycles. The van der Waals surface area contributed by atoms with Gasteiger partial charge in [-0.05, 0) is 35.4 Å². The van der Waals surface area contributed by atoms with Crippen molar-refractivity contribution in [1.29, 1.82) is 0 Å². The smallest absolute Gasteiger partial charge is 0.475 e. The number of carbonyl (C=O) groups is 1. The van der Waals surface area contributed by atoms with Gasteiger partial charge in [0.05, 0.1) is 6.61 Å². The summed E-state index contributed by atoms with van der Waals surface area (Å²) in [4.78, 5) is 8.90. The summed E-state index contributed by atoms with van der Waals surface area (Å²) in [7, 11) is 0. The molecular formula is C17H13ClF3N3O4. The van der Waals surface area contributed by atoms with Crippen LogP contribution in [0.4, 0.5) is 13.2 Å². The number of benzene rings is 2. The number of nitrogens with one attached hydrogen (secondary N) is 1. The van der Waals surface area contributed by atoms with Crippen molar-refractivity contribution >= 4 is 17.6 Å². The van der Waals surface area contributed by atoms with Crippen molar-refractivity contribution in [2.45, 2.75) is 12.8 Å². The minimum absolute atomic E-state index is 0.227. The fraction of sp³-hybridized carbons (Fsp3) is 0.118. The van der Waals surface area contributed by atoms with Crippen molar-refractivity contribution in [3.05, 3.63) is 59.2 Å². The summed E-state index contributed by atoms with van der Waals surface area (Å²) >= 11 is 5.88. The maximum absolute atomic E-state index is 10.6. The summed E-state index contributed by atoms with van der Waals surface area (Å²) in [6, 6.07) is 15.2. The van der Waals surface area contributed by atoms with E-state index in [0.29, 0.717) is 16.5 Å². The van der Waals surface area contributed by atoms with Crippen molar-refractivity contribution < 1.29 is 32.9 Å². The lowest BCUT2D eigenvalue weighted by Gasteiger charge is -2.05. The Morgan fingerprint density at radius 1 is 1.04 bits per heavy atom.